The van der Waals surface area contributed by atoms with Crippen molar-refractivity contribution in [2.75, 3.05) is 6.54 Å². The quantitative estimate of drug-likeness (QED) is 0.372. The topological polar surface area (TPSA) is 96.0 Å². The van der Waals surface area contributed by atoms with Gasteiger partial charge in [-0.2, -0.15) is 4.31 Å². The molecule has 0 aliphatic heterocycles. The van der Waals surface area contributed by atoms with Crippen LogP contribution in [0.2, 0.25) is 0 Å². The molecule has 7 heteroatoms. The van der Waals surface area contributed by atoms with E-state index in [1.165, 1.54) is 4.31 Å². The summed E-state index contributed by atoms with van der Waals surface area (Å²) in [5.74, 6) is -0.147. The summed E-state index contributed by atoms with van der Waals surface area (Å²) in [5.41, 5.74) is 7.36. The fourth-order valence-corrected chi connectivity index (χ4v) is 3.44. The Morgan fingerprint density at radius 2 is 1.95 bits per heavy atom. The van der Waals surface area contributed by atoms with Gasteiger partial charge in [0.15, 0.2) is 5.84 Å². The Bertz CT molecular complexity index is 609. The molecule has 0 aliphatic rings. The minimum atomic E-state index is -3.68. The zero-order valence-corrected chi connectivity index (χ0v) is 13.0. The summed E-state index contributed by atoms with van der Waals surface area (Å²) in [6.07, 6.45) is 0. The molecule has 0 aliphatic carbocycles. The highest BCUT2D eigenvalue weighted by Gasteiger charge is 2.28. The molecule has 0 aromatic heterocycles. The molecular weight excluding hydrogens is 278 g/mol. The Labute approximate surface area is 119 Å². The molecule has 0 atom stereocenters. The fourth-order valence-electron chi connectivity index (χ4n) is 1.75. The molecule has 0 radical (unpaired) electrons. The van der Waals surface area contributed by atoms with Crippen LogP contribution in [0.1, 0.15) is 25.0 Å². The predicted molar refractivity (Wildman–Crippen MR) is 78.4 cm³/mol. The molecule has 112 valence electrons. The Hall–Kier alpha value is -1.60. The second kappa shape index (κ2) is 6.23. The van der Waals surface area contributed by atoms with E-state index in [4.69, 9.17) is 10.9 Å². The van der Waals surface area contributed by atoms with Crippen LogP contribution in [0.5, 0.6) is 0 Å². The Morgan fingerprint density at radius 1 is 1.35 bits per heavy atom. The molecule has 0 amide bonds. The molecule has 0 spiro atoms. The maximum Gasteiger partial charge on any atom is 0.243 e. The number of oxime groups is 1. The lowest BCUT2D eigenvalue weighted by Gasteiger charge is -2.25. The lowest BCUT2D eigenvalue weighted by atomic mass is 10.1. The summed E-state index contributed by atoms with van der Waals surface area (Å²) >= 11 is 0. The molecule has 1 aromatic carbocycles. The first kappa shape index (κ1) is 16.5. The van der Waals surface area contributed by atoms with Gasteiger partial charge in [-0.1, -0.05) is 11.2 Å². The van der Waals surface area contributed by atoms with Crippen LogP contribution in [0.15, 0.2) is 28.3 Å². The third-order valence-corrected chi connectivity index (χ3v) is 5.13. The van der Waals surface area contributed by atoms with E-state index in [-0.39, 0.29) is 23.3 Å². The largest absolute Gasteiger partial charge is 0.409 e. The lowest BCUT2D eigenvalue weighted by molar-refractivity contribution is 0.312. The van der Waals surface area contributed by atoms with E-state index in [1.54, 1.807) is 32.0 Å². The van der Waals surface area contributed by atoms with Crippen molar-refractivity contribution in [2.45, 2.75) is 38.6 Å². The highest BCUT2D eigenvalue weighted by molar-refractivity contribution is 7.89. The number of benzene rings is 1. The van der Waals surface area contributed by atoms with E-state index in [9.17, 15) is 8.42 Å². The molecule has 3 N–H and O–H groups in total. The zero-order chi connectivity index (χ0) is 15.5. The van der Waals surface area contributed by atoms with Crippen molar-refractivity contribution in [1.29, 1.82) is 0 Å². The summed E-state index contributed by atoms with van der Waals surface area (Å²) < 4.78 is 26.4. The van der Waals surface area contributed by atoms with Crippen molar-refractivity contribution in [2.24, 2.45) is 10.9 Å². The van der Waals surface area contributed by atoms with Crippen molar-refractivity contribution in [1.82, 2.24) is 4.31 Å². The minimum absolute atomic E-state index is 0.147. The third kappa shape index (κ3) is 3.49. The van der Waals surface area contributed by atoms with Gasteiger partial charge in [-0.05, 0) is 51.0 Å². The first-order valence-corrected chi connectivity index (χ1v) is 7.69. The summed E-state index contributed by atoms with van der Waals surface area (Å²) in [6, 6.07) is 4.66. The van der Waals surface area contributed by atoms with Crippen molar-refractivity contribution in [3.8, 4) is 0 Å². The summed E-state index contributed by atoms with van der Waals surface area (Å²) in [6.45, 7) is 7.11. The van der Waals surface area contributed by atoms with Crippen LogP contribution in [-0.2, 0) is 10.0 Å². The number of nitrogens with two attached hydrogens (primary N) is 1. The molecule has 20 heavy (non-hydrogen) atoms. The minimum Gasteiger partial charge on any atom is -0.409 e. The number of nitrogens with zero attached hydrogens (tertiary/aromatic N) is 2. The fraction of sp³-hybridized carbons (Fsp3) is 0.462. The molecule has 6 nitrogen and oxygen atoms in total. The SMILES string of the molecule is Cc1ccc(S(=O)(=O)N(CC(N)=NO)C(C)C)cc1C. The Balaban J connectivity index is 3.26. The number of rotatable bonds is 5. The second-order valence-corrected chi connectivity index (χ2v) is 6.87. The Morgan fingerprint density at radius 3 is 2.40 bits per heavy atom. The van der Waals surface area contributed by atoms with Gasteiger partial charge in [0.2, 0.25) is 10.0 Å². The van der Waals surface area contributed by atoms with Crippen LogP contribution in [0.4, 0.5) is 0 Å². The number of hydrogen-bond donors (Lipinski definition) is 2. The number of amidine groups is 1. The average molecular weight is 299 g/mol. The first-order valence-electron chi connectivity index (χ1n) is 6.25. The van der Waals surface area contributed by atoms with E-state index in [1.807, 2.05) is 13.8 Å². The van der Waals surface area contributed by atoms with Crippen LogP contribution in [-0.4, -0.2) is 36.4 Å². The molecule has 0 bridgehead atoms. The molecule has 0 unspecified atom stereocenters. The second-order valence-electron chi connectivity index (χ2n) is 4.98. The zero-order valence-electron chi connectivity index (χ0n) is 12.2. The van der Waals surface area contributed by atoms with Crippen LogP contribution in [0.25, 0.3) is 0 Å². The van der Waals surface area contributed by atoms with Gasteiger partial charge in [0.05, 0.1) is 11.4 Å². The van der Waals surface area contributed by atoms with E-state index in [0.29, 0.717) is 0 Å². The van der Waals surface area contributed by atoms with Crippen molar-refractivity contribution in [3.05, 3.63) is 29.3 Å². The van der Waals surface area contributed by atoms with Gasteiger partial charge in [-0.25, -0.2) is 8.42 Å². The van der Waals surface area contributed by atoms with Gasteiger partial charge < -0.3 is 10.9 Å². The maximum atomic E-state index is 12.6. The van der Waals surface area contributed by atoms with Gasteiger partial charge in [0, 0.05) is 6.04 Å². The standard InChI is InChI=1S/C13H21N3O3S/c1-9(2)16(8-13(14)15-17)20(18,19)12-6-5-10(3)11(4)7-12/h5-7,9,17H,8H2,1-4H3,(H2,14,15). The van der Waals surface area contributed by atoms with Gasteiger partial charge in [0.1, 0.15) is 0 Å². The smallest absolute Gasteiger partial charge is 0.243 e. The number of sulfonamides is 1. The van der Waals surface area contributed by atoms with E-state index >= 15 is 0 Å². The van der Waals surface area contributed by atoms with Crippen LogP contribution in [0.3, 0.4) is 0 Å². The van der Waals surface area contributed by atoms with Crippen LogP contribution >= 0.6 is 0 Å². The molecule has 0 saturated heterocycles. The predicted octanol–water partition coefficient (Wildman–Crippen LogP) is 1.45. The molecular formula is C13H21N3O3S. The molecule has 0 heterocycles. The highest BCUT2D eigenvalue weighted by Crippen LogP contribution is 2.20. The van der Waals surface area contributed by atoms with Gasteiger partial charge in [-0.3, -0.25) is 0 Å². The van der Waals surface area contributed by atoms with Crippen LogP contribution < -0.4 is 5.73 Å². The van der Waals surface area contributed by atoms with E-state index in [0.717, 1.165) is 11.1 Å². The van der Waals surface area contributed by atoms with Crippen molar-refractivity contribution >= 4 is 15.9 Å². The van der Waals surface area contributed by atoms with E-state index in [2.05, 4.69) is 5.16 Å². The third-order valence-electron chi connectivity index (χ3n) is 3.11. The number of hydrogen-bond acceptors (Lipinski definition) is 4. The van der Waals surface area contributed by atoms with Gasteiger partial charge in [-0.15, -0.1) is 0 Å². The van der Waals surface area contributed by atoms with Gasteiger partial charge in [0.25, 0.3) is 0 Å². The molecule has 0 saturated carbocycles. The lowest BCUT2D eigenvalue weighted by Crippen LogP contribution is -2.42. The summed E-state index contributed by atoms with van der Waals surface area (Å²) in [4.78, 5) is 0.208. The monoisotopic (exact) mass is 299 g/mol. The highest BCUT2D eigenvalue weighted by atomic mass is 32.2. The van der Waals surface area contributed by atoms with Crippen molar-refractivity contribution in [3.63, 3.8) is 0 Å². The normalized spacial score (nSPS) is 13.2. The first-order chi connectivity index (χ1) is 9.20. The molecule has 1 rings (SSSR count). The summed E-state index contributed by atoms with van der Waals surface area (Å²) in [7, 11) is -3.68. The van der Waals surface area contributed by atoms with E-state index < -0.39 is 10.0 Å². The molecule has 1 aromatic rings. The number of aryl methyl sites for hydroxylation is 2. The van der Waals surface area contributed by atoms with Crippen molar-refractivity contribution < 1.29 is 13.6 Å². The maximum absolute atomic E-state index is 12.6. The summed E-state index contributed by atoms with van der Waals surface area (Å²) in [5, 5.41) is 11.5. The Kier molecular flexibility index (Phi) is 5.13. The molecule has 0 fully saturated rings. The van der Waals surface area contributed by atoms with Crippen LogP contribution in [0, 0.1) is 13.8 Å². The average Bonchev–Trinajstić information content (AvgIpc) is 2.37. The van der Waals surface area contributed by atoms with Gasteiger partial charge >= 0.3 is 0 Å².